The molecular weight excluding hydrogens is 809 g/mol. The van der Waals surface area contributed by atoms with Gasteiger partial charge >= 0.3 is 23.5 Å². The molecule has 28 nitrogen and oxygen atoms in total. The van der Waals surface area contributed by atoms with Crippen molar-refractivity contribution in [3.05, 3.63) is 20.7 Å². The van der Waals surface area contributed by atoms with E-state index in [1.807, 2.05) is 0 Å². The van der Waals surface area contributed by atoms with Crippen LogP contribution >= 0.6 is 23.5 Å². The van der Waals surface area contributed by atoms with Gasteiger partial charge in [-0.15, -0.1) is 0 Å². The average molecular weight is 851 g/mol. The minimum atomic E-state index is -5.99. The average Bonchev–Trinajstić information content (AvgIpc) is 3.53. The van der Waals surface area contributed by atoms with Crippen LogP contribution in [0.5, 0.6) is 0 Å². The lowest BCUT2D eigenvalue weighted by molar-refractivity contribution is -0.0351. The monoisotopic (exact) mass is 850 g/mol. The van der Waals surface area contributed by atoms with Gasteiger partial charge in [0, 0.05) is 35.3 Å². The van der Waals surface area contributed by atoms with Gasteiger partial charge in [0.25, 0.3) is 11.1 Å². The Morgan fingerprint density at radius 1 is 0.782 bits per heavy atom. The summed E-state index contributed by atoms with van der Waals surface area (Å²) >= 11 is 0. The minimum absolute atomic E-state index is 0.0261. The standard InChI is InChI=1S/C24H41N10O18P3/c1-27-11-17(28-23(25)30-19(11)38)33(4)21-14(36)13(35)9(49-21)7-47-53(40,41)51-55(44,45)52-54(42,43)48-8-10-16(46-6)15(37)22(50-10)34(5)18-12(32(2)3)20(39)31-24(26)29-18/h9-10,13-16,21-22,35-37H,1,7-8H2,2-6H3,(H,40,41)(H,42,43)(H,44,45)(H3,25,28,30,38)(H3,26,29,31,39)/t9-,10-,13?,14?,15?,16?,21-,22-/m1/s1. The minimum Gasteiger partial charge on any atom is -0.387 e. The van der Waals surface area contributed by atoms with E-state index < -0.39 is 96.9 Å². The van der Waals surface area contributed by atoms with Crippen molar-refractivity contribution < 1.29 is 75.6 Å². The molecule has 2 aromatic heterocycles. The molecule has 4 heterocycles. The molecule has 310 valence electrons. The van der Waals surface area contributed by atoms with Gasteiger partial charge in [0.15, 0.2) is 29.8 Å². The number of H-pyrrole nitrogens is 2. The number of nitrogen functional groups attached to an aromatic ring is 2. The number of methoxy groups -OCH3 is 1. The number of ether oxygens (including phenoxy) is 3. The number of aliphatic imine (C=N–C) groups is 1. The molecule has 0 aliphatic carbocycles. The third-order valence-corrected chi connectivity index (χ3v) is 12.2. The van der Waals surface area contributed by atoms with Crippen LogP contribution in [0.15, 0.2) is 14.6 Å². The lowest BCUT2D eigenvalue weighted by Crippen LogP contribution is -2.44. The predicted octanol–water partition coefficient (Wildman–Crippen LogP) is -3.10. The van der Waals surface area contributed by atoms with Gasteiger partial charge in [0.2, 0.25) is 11.9 Å². The third-order valence-electron chi connectivity index (χ3n) is 7.96. The van der Waals surface area contributed by atoms with Crippen LogP contribution in [0.4, 0.5) is 34.9 Å². The van der Waals surface area contributed by atoms with Crippen molar-refractivity contribution in [2.45, 2.75) is 49.1 Å². The van der Waals surface area contributed by atoms with E-state index >= 15 is 0 Å². The van der Waals surface area contributed by atoms with Crippen LogP contribution in [0, 0.1) is 0 Å². The fourth-order valence-corrected chi connectivity index (χ4v) is 9.05. The first kappa shape index (κ1) is 44.3. The smallest absolute Gasteiger partial charge is 0.387 e. The van der Waals surface area contributed by atoms with E-state index in [0.717, 1.165) is 12.0 Å². The Bertz CT molecular complexity index is 1990. The first-order valence-corrected chi connectivity index (χ1v) is 19.9. The summed E-state index contributed by atoms with van der Waals surface area (Å²) in [5.41, 5.74) is 9.57. The zero-order valence-electron chi connectivity index (χ0n) is 29.5. The van der Waals surface area contributed by atoms with Crippen LogP contribution in [0.25, 0.3) is 0 Å². The van der Waals surface area contributed by atoms with Crippen molar-refractivity contribution >= 4 is 65.1 Å². The van der Waals surface area contributed by atoms with E-state index in [0.29, 0.717) is 0 Å². The van der Waals surface area contributed by atoms with Crippen LogP contribution in [-0.4, -0.2) is 154 Å². The van der Waals surface area contributed by atoms with Crippen molar-refractivity contribution in [2.24, 2.45) is 4.99 Å². The maximum absolute atomic E-state index is 12.7. The zero-order chi connectivity index (χ0) is 41.4. The number of aromatic nitrogens is 4. The molecule has 2 aliphatic heterocycles. The molecule has 0 amide bonds. The van der Waals surface area contributed by atoms with Gasteiger partial charge in [-0.25, -0.2) is 13.7 Å². The van der Waals surface area contributed by atoms with E-state index in [1.165, 1.54) is 23.9 Å². The summed E-state index contributed by atoms with van der Waals surface area (Å²) < 4.78 is 71.8. The third kappa shape index (κ3) is 10.1. The number of rotatable bonds is 17. The van der Waals surface area contributed by atoms with E-state index in [2.05, 4.69) is 44.8 Å². The lowest BCUT2D eigenvalue weighted by Gasteiger charge is -2.30. The number of aromatic amines is 2. The summed E-state index contributed by atoms with van der Waals surface area (Å²) in [5.74, 6) is -0.854. The predicted molar refractivity (Wildman–Crippen MR) is 189 cm³/mol. The van der Waals surface area contributed by atoms with Crippen molar-refractivity contribution in [3.8, 4) is 0 Å². The highest BCUT2D eigenvalue weighted by Gasteiger charge is 2.50. The molecule has 2 fully saturated rings. The molecule has 12 N–H and O–H groups in total. The normalized spacial score (nSPS) is 28.6. The van der Waals surface area contributed by atoms with E-state index in [-0.39, 0.29) is 34.9 Å². The zero-order valence-corrected chi connectivity index (χ0v) is 32.2. The highest BCUT2D eigenvalue weighted by Crippen LogP contribution is 2.67. The Labute approximate surface area is 310 Å². The largest absolute Gasteiger partial charge is 0.490 e. The second kappa shape index (κ2) is 17.0. The molecule has 0 spiro atoms. The van der Waals surface area contributed by atoms with Gasteiger partial charge in [-0.1, -0.05) is 0 Å². The Morgan fingerprint density at radius 2 is 1.25 bits per heavy atom. The van der Waals surface area contributed by atoms with Gasteiger partial charge in [0.1, 0.15) is 42.3 Å². The summed E-state index contributed by atoms with van der Waals surface area (Å²) in [6.45, 7) is 1.22. The summed E-state index contributed by atoms with van der Waals surface area (Å²) in [7, 11) is -10.4. The van der Waals surface area contributed by atoms with Gasteiger partial charge in [-0.2, -0.15) is 18.6 Å². The first-order chi connectivity index (χ1) is 25.4. The fraction of sp³-hybridized carbons (Fsp3) is 0.625. The molecule has 2 aliphatic rings. The molecule has 11 atom stereocenters. The Hall–Kier alpha value is -3.40. The number of likely N-dealkylation sites (N-methyl/N-ethyl adjacent to an activating group) is 2. The van der Waals surface area contributed by atoms with Crippen molar-refractivity contribution in [2.75, 3.05) is 74.7 Å². The van der Waals surface area contributed by atoms with Crippen LogP contribution in [0.2, 0.25) is 0 Å². The molecule has 2 aromatic rings. The SMILES string of the molecule is C=Nc1c(N(C)[C@@H]2O[C@H](COP(=O)(O)OP(=O)(O)OP(=O)(O)OC[C@H]3O[C@@H](N(C)c4nc(N)[nH]c(=O)c4N(C)C)C(O)C3OC)C(O)C2O)nc(N)[nH]c1=O. The van der Waals surface area contributed by atoms with E-state index in [1.54, 1.807) is 14.1 Å². The van der Waals surface area contributed by atoms with Gasteiger partial charge in [-0.05, 0) is 6.72 Å². The molecule has 55 heavy (non-hydrogen) atoms. The van der Waals surface area contributed by atoms with Crippen LogP contribution in [-0.2, 0) is 45.6 Å². The van der Waals surface area contributed by atoms with Crippen molar-refractivity contribution in [3.63, 3.8) is 0 Å². The molecule has 0 radical (unpaired) electrons. The number of hydrogen-bond donors (Lipinski definition) is 10. The molecule has 0 bridgehead atoms. The summed E-state index contributed by atoms with van der Waals surface area (Å²) in [6, 6.07) is 0. The number of phosphoric acid groups is 3. The number of aliphatic hydroxyl groups is 3. The highest BCUT2D eigenvalue weighted by molar-refractivity contribution is 7.66. The van der Waals surface area contributed by atoms with Gasteiger partial charge in [0.05, 0.1) is 13.2 Å². The van der Waals surface area contributed by atoms with Crippen molar-refractivity contribution in [1.29, 1.82) is 0 Å². The number of phosphoric ester groups is 2. The topological polar surface area (TPSA) is 403 Å². The van der Waals surface area contributed by atoms with Gasteiger partial charge in [-0.3, -0.25) is 33.6 Å². The van der Waals surface area contributed by atoms with Crippen LogP contribution < -0.4 is 37.3 Å². The lowest BCUT2D eigenvalue weighted by atomic mass is 10.1. The summed E-state index contributed by atoms with van der Waals surface area (Å²) in [6.07, 6.45) is -12.2. The Balaban J connectivity index is 1.36. The number of nitrogens with zero attached hydrogens (tertiary/aromatic N) is 6. The number of nitrogens with two attached hydrogens (primary N) is 2. The number of anilines is 5. The molecular formula is C24H41N10O18P3. The van der Waals surface area contributed by atoms with Crippen molar-refractivity contribution in [1.82, 2.24) is 19.9 Å². The van der Waals surface area contributed by atoms with Crippen LogP contribution in [0.3, 0.4) is 0 Å². The fourth-order valence-electron chi connectivity index (χ4n) is 5.53. The number of aliphatic hydroxyl groups excluding tert-OH is 3. The van der Waals surface area contributed by atoms with Gasteiger partial charge < -0.3 is 70.4 Å². The summed E-state index contributed by atoms with van der Waals surface area (Å²) in [5, 5.41) is 32.0. The molecule has 2 saturated heterocycles. The molecule has 0 aromatic carbocycles. The highest BCUT2D eigenvalue weighted by atomic mass is 31.3. The quantitative estimate of drug-likeness (QED) is 0.0557. The van der Waals surface area contributed by atoms with Crippen LogP contribution in [0.1, 0.15) is 0 Å². The maximum Gasteiger partial charge on any atom is 0.490 e. The first-order valence-electron chi connectivity index (χ1n) is 15.4. The Morgan fingerprint density at radius 3 is 1.78 bits per heavy atom. The van der Waals surface area contributed by atoms with E-state index in [9.17, 15) is 53.3 Å². The number of nitrogens with one attached hydrogen (secondary N) is 2. The Kier molecular flexibility index (Phi) is 13.7. The second-order valence-corrected chi connectivity index (χ2v) is 16.6. The molecule has 31 heteroatoms. The van der Waals surface area contributed by atoms with E-state index in [4.69, 9.17) is 30.2 Å². The number of hydrogen-bond acceptors (Lipinski definition) is 23. The molecule has 4 rings (SSSR count). The maximum atomic E-state index is 12.7. The second-order valence-electron chi connectivity index (χ2n) is 12.0. The summed E-state index contributed by atoms with van der Waals surface area (Å²) in [4.78, 5) is 74.8. The molecule has 0 saturated carbocycles. The molecule has 7 unspecified atom stereocenters.